The van der Waals surface area contributed by atoms with Gasteiger partial charge in [0.15, 0.2) is 0 Å². The van der Waals surface area contributed by atoms with Gasteiger partial charge in [0.05, 0.1) is 12.0 Å². The predicted molar refractivity (Wildman–Crippen MR) is 63.0 cm³/mol. The van der Waals surface area contributed by atoms with Crippen LogP contribution in [0.5, 0.6) is 0 Å². The first-order valence-corrected chi connectivity index (χ1v) is 6.24. The average molecular weight is 220 g/mol. The molecule has 88 valence electrons. The van der Waals surface area contributed by atoms with Crippen molar-refractivity contribution >= 4 is 0 Å². The minimum absolute atomic E-state index is 0.738. The fourth-order valence-corrected chi connectivity index (χ4v) is 3.03. The van der Waals surface area contributed by atoms with Crippen LogP contribution in [0.1, 0.15) is 18.5 Å². The quantitative estimate of drug-likeness (QED) is 0.792. The zero-order valence-electron chi connectivity index (χ0n) is 9.89. The Kier molecular flexibility index (Phi) is 2.69. The normalized spacial score (nSPS) is 30.6. The van der Waals surface area contributed by atoms with Crippen molar-refractivity contribution in [1.29, 1.82) is 0 Å². The van der Waals surface area contributed by atoms with Crippen molar-refractivity contribution < 1.29 is 0 Å². The summed E-state index contributed by atoms with van der Waals surface area (Å²) in [6.07, 6.45) is 6.62. The topological polar surface area (TPSA) is 33.1 Å². The molecule has 3 heterocycles. The van der Waals surface area contributed by atoms with Crippen molar-refractivity contribution in [1.82, 2.24) is 19.8 Å². The van der Waals surface area contributed by atoms with Crippen molar-refractivity contribution in [2.24, 2.45) is 13.0 Å². The minimum Gasteiger partial charge on any atom is -0.337 e. The zero-order chi connectivity index (χ0) is 11.0. The summed E-state index contributed by atoms with van der Waals surface area (Å²) < 4.78 is 2.12. The average Bonchev–Trinajstić information content (AvgIpc) is 2.85. The molecule has 0 bridgehead atoms. The molecule has 1 N–H and O–H groups in total. The number of hydrogen-bond acceptors (Lipinski definition) is 3. The Morgan fingerprint density at radius 1 is 1.50 bits per heavy atom. The maximum atomic E-state index is 4.18. The van der Waals surface area contributed by atoms with Crippen LogP contribution in [0.2, 0.25) is 0 Å². The van der Waals surface area contributed by atoms with Gasteiger partial charge in [-0.3, -0.25) is 4.90 Å². The van der Waals surface area contributed by atoms with Gasteiger partial charge in [-0.15, -0.1) is 0 Å². The van der Waals surface area contributed by atoms with E-state index < -0.39 is 0 Å². The van der Waals surface area contributed by atoms with Gasteiger partial charge in [0.2, 0.25) is 0 Å². The van der Waals surface area contributed by atoms with E-state index in [-0.39, 0.29) is 0 Å². The van der Waals surface area contributed by atoms with Gasteiger partial charge in [0.1, 0.15) is 0 Å². The summed E-state index contributed by atoms with van der Waals surface area (Å²) in [5.74, 6) is 0.877. The maximum Gasteiger partial charge on any atom is 0.0945 e. The monoisotopic (exact) mass is 220 g/mol. The standard InChI is InChI=1S/C12H20N4/c1-15-9-13-5-11(15)7-16-6-10-3-2-4-14-12(10)8-16/h5,9-10,12,14H,2-4,6-8H2,1H3. The van der Waals surface area contributed by atoms with Crippen molar-refractivity contribution in [3.63, 3.8) is 0 Å². The van der Waals surface area contributed by atoms with E-state index >= 15 is 0 Å². The number of hydrogen-bond donors (Lipinski definition) is 1. The number of nitrogens with zero attached hydrogens (tertiary/aromatic N) is 3. The second-order valence-electron chi connectivity index (χ2n) is 5.15. The van der Waals surface area contributed by atoms with Gasteiger partial charge < -0.3 is 9.88 Å². The van der Waals surface area contributed by atoms with Gasteiger partial charge in [-0.1, -0.05) is 0 Å². The van der Waals surface area contributed by atoms with Crippen molar-refractivity contribution in [2.45, 2.75) is 25.4 Å². The van der Waals surface area contributed by atoms with E-state index in [1.54, 1.807) is 0 Å². The molecule has 0 spiro atoms. The highest BCUT2D eigenvalue weighted by Gasteiger charge is 2.34. The molecule has 0 saturated carbocycles. The Bertz CT molecular complexity index is 346. The summed E-state index contributed by atoms with van der Waals surface area (Å²) in [5, 5.41) is 3.64. The third-order valence-electron chi connectivity index (χ3n) is 3.98. The van der Waals surface area contributed by atoms with Crippen LogP contribution in [0.15, 0.2) is 12.5 Å². The molecule has 2 aliphatic heterocycles. The molecule has 2 aliphatic rings. The summed E-state index contributed by atoms with van der Waals surface area (Å²) in [6.45, 7) is 4.71. The molecule has 1 aromatic heterocycles. The van der Waals surface area contributed by atoms with Crippen LogP contribution in [0, 0.1) is 5.92 Å². The van der Waals surface area contributed by atoms with Gasteiger partial charge in [0.25, 0.3) is 0 Å². The number of likely N-dealkylation sites (tertiary alicyclic amines) is 1. The van der Waals surface area contributed by atoms with E-state index in [1.165, 1.54) is 38.2 Å². The number of piperidine rings is 1. The Hall–Kier alpha value is -0.870. The second kappa shape index (κ2) is 4.18. The molecule has 3 rings (SSSR count). The lowest BCUT2D eigenvalue weighted by Gasteiger charge is -2.24. The smallest absolute Gasteiger partial charge is 0.0945 e. The van der Waals surface area contributed by atoms with Crippen LogP contribution in [0.4, 0.5) is 0 Å². The van der Waals surface area contributed by atoms with E-state index in [1.807, 2.05) is 12.5 Å². The molecule has 0 aromatic carbocycles. The first-order chi connectivity index (χ1) is 7.83. The van der Waals surface area contributed by atoms with Gasteiger partial charge in [-0.2, -0.15) is 0 Å². The lowest BCUT2D eigenvalue weighted by molar-refractivity contribution is 0.306. The molecule has 0 amide bonds. The summed E-state index contributed by atoms with van der Waals surface area (Å²) in [5.41, 5.74) is 1.32. The number of rotatable bonds is 2. The van der Waals surface area contributed by atoms with Crippen molar-refractivity contribution in [2.75, 3.05) is 19.6 Å². The van der Waals surface area contributed by atoms with Crippen LogP contribution >= 0.6 is 0 Å². The third-order valence-corrected chi connectivity index (χ3v) is 3.98. The molecule has 0 aliphatic carbocycles. The molecule has 0 radical (unpaired) electrons. The number of aromatic nitrogens is 2. The summed E-state index contributed by atoms with van der Waals surface area (Å²) in [7, 11) is 2.07. The molecular weight excluding hydrogens is 200 g/mol. The minimum atomic E-state index is 0.738. The van der Waals surface area contributed by atoms with Crippen LogP contribution in [0.25, 0.3) is 0 Å². The van der Waals surface area contributed by atoms with E-state index in [4.69, 9.17) is 0 Å². The Morgan fingerprint density at radius 2 is 2.44 bits per heavy atom. The van der Waals surface area contributed by atoms with E-state index in [9.17, 15) is 0 Å². The van der Waals surface area contributed by atoms with E-state index in [2.05, 4.69) is 26.8 Å². The molecule has 16 heavy (non-hydrogen) atoms. The molecule has 4 heteroatoms. The third kappa shape index (κ3) is 1.87. The molecule has 2 fully saturated rings. The molecule has 2 unspecified atom stereocenters. The Morgan fingerprint density at radius 3 is 3.19 bits per heavy atom. The molecule has 4 nitrogen and oxygen atoms in total. The van der Waals surface area contributed by atoms with E-state index in [0.717, 1.165) is 18.5 Å². The summed E-state index contributed by atoms with van der Waals surface area (Å²) in [4.78, 5) is 6.74. The fraction of sp³-hybridized carbons (Fsp3) is 0.750. The van der Waals surface area contributed by atoms with Gasteiger partial charge in [-0.25, -0.2) is 4.98 Å². The van der Waals surface area contributed by atoms with Gasteiger partial charge >= 0.3 is 0 Å². The van der Waals surface area contributed by atoms with Gasteiger partial charge in [0, 0.05) is 38.9 Å². The molecular formula is C12H20N4. The second-order valence-corrected chi connectivity index (χ2v) is 5.15. The highest BCUT2D eigenvalue weighted by molar-refractivity contribution is 5.00. The summed E-state index contributed by atoms with van der Waals surface area (Å²) >= 11 is 0. The number of fused-ring (bicyclic) bond motifs is 1. The van der Waals surface area contributed by atoms with E-state index in [0.29, 0.717) is 0 Å². The maximum absolute atomic E-state index is 4.18. The molecule has 1 aromatic rings. The lowest BCUT2D eigenvalue weighted by atomic mass is 9.94. The number of imidazole rings is 1. The predicted octanol–water partition coefficient (Wildman–Crippen LogP) is 0.604. The van der Waals surface area contributed by atoms with Crippen LogP contribution < -0.4 is 5.32 Å². The lowest BCUT2D eigenvalue weighted by Crippen LogP contribution is -2.40. The SMILES string of the molecule is Cn1cncc1CN1CC2CCCNC2C1. The Balaban J connectivity index is 1.63. The molecule has 2 atom stereocenters. The highest BCUT2D eigenvalue weighted by atomic mass is 15.2. The van der Waals surface area contributed by atoms with Crippen molar-refractivity contribution in [3.05, 3.63) is 18.2 Å². The molecule has 2 saturated heterocycles. The number of nitrogens with one attached hydrogen (secondary N) is 1. The van der Waals surface area contributed by atoms with Gasteiger partial charge in [-0.05, 0) is 25.3 Å². The Labute approximate surface area is 96.7 Å². The van der Waals surface area contributed by atoms with Crippen molar-refractivity contribution in [3.8, 4) is 0 Å². The van der Waals surface area contributed by atoms with Crippen LogP contribution in [0.3, 0.4) is 0 Å². The van der Waals surface area contributed by atoms with Crippen LogP contribution in [-0.2, 0) is 13.6 Å². The first-order valence-electron chi connectivity index (χ1n) is 6.24. The highest BCUT2D eigenvalue weighted by Crippen LogP contribution is 2.25. The largest absolute Gasteiger partial charge is 0.337 e. The zero-order valence-corrected chi connectivity index (χ0v) is 9.89. The van der Waals surface area contributed by atoms with Crippen LogP contribution in [-0.4, -0.2) is 40.1 Å². The fourth-order valence-electron chi connectivity index (χ4n) is 3.03. The number of aryl methyl sites for hydroxylation is 1. The first kappa shape index (κ1) is 10.3. The summed E-state index contributed by atoms with van der Waals surface area (Å²) in [6, 6.07) is 0.738.